The van der Waals surface area contributed by atoms with Gasteiger partial charge in [0.25, 0.3) is 0 Å². The van der Waals surface area contributed by atoms with Gasteiger partial charge in [-0.2, -0.15) is 17.0 Å². The average molecular weight is 202 g/mol. The summed E-state index contributed by atoms with van der Waals surface area (Å²) in [5.74, 6) is 2.49. The number of hydrogen-bond donors (Lipinski definition) is 0. The Labute approximate surface area is 80.5 Å². The maximum atomic E-state index is 8.26. The first-order chi connectivity index (χ1) is 5.83. The van der Waals surface area contributed by atoms with Crippen molar-refractivity contribution in [2.45, 2.75) is 12.2 Å². The lowest BCUT2D eigenvalue weighted by Gasteiger charge is -1.93. The van der Waals surface area contributed by atoms with Gasteiger partial charge in [0.1, 0.15) is 5.76 Å². The summed E-state index contributed by atoms with van der Waals surface area (Å²) in [5, 5.41) is 8.68. The van der Waals surface area contributed by atoms with E-state index in [1.807, 2.05) is 6.07 Å². The molecular formula is C8H8ClNOS. The van der Waals surface area contributed by atoms with E-state index in [9.17, 15) is 0 Å². The highest BCUT2D eigenvalue weighted by molar-refractivity contribution is 7.98. The van der Waals surface area contributed by atoms with Crippen LogP contribution in [-0.2, 0) is 5.75 Å². The monoisotopic (exact) mass is 201 g/mol. The zero-order valence-corrected chi connectivity index (χ0v) is 7.99. The fourth-order valence-corrected chi connectivity index (χ4v) is 1.62. The number of hydrogen-bond acceptors (Lipinski definition) is 3. The third kappa shape index (κ3) is 3.21. The number of nitrogens with zero attached hydrogens (tertiary/aromatic N) is 1. The maximum absolute atomic E-state index is 8.26. The number of nitriles is 1. The Kier molecular flexibility index (Phi) is 4.06. The molecule has 0 saturated carbocycles. The van der Waals surface area contributed by atoms with Gasteiger partial charge in [-0.1, -0.05) is 0 Å². The van der Waals surface area contributed by atoms with Crippen molar-refractivity contribution in [3.8, 4) is 6.07 Å². The summed E-state index contributed by atoms with van der Waals surface area (Å²) in [6.45, 7) is 0. The predicted octanol–water partition coefficient (Wildman–Crippen LogP) is 3.08. The fraction of sp³-hybridized carbons (Fsp3) is 0.375. The molecule has 1 rings (SSSR count). The van der Waals surface area contributed by atoms with Crippen LogP contribution in [0.5, 0.6) is 0 Å². The molecule has 0 radical (unpaired) electrons. The molecule has 0 spiro atoms. The van der Waals surface area contributed by atoms with E-state index < -0.39 is 0 Å². The van der Waals surface area contributed by atoms with Crippen molar-refractivity contribution in [3.05, 3.63) is 23.1 Å². The fourth-order valence-electron chi connectivity index (χ4n) is 0.720. The topological polar surface area (TPSA) is 36.9 Å². The van der Waals surface area contributed by atoms with Crippen molar-refractivity contribution in [3.63, 3.8) is 0 Å². The Hall–Kier alpha value is -0.590. The van der Waals surface area contributed by atoms with Crippen LogP contribution in [0.15, 0.2) is 16.5 Å². The average Bonchev–Trinajstić information content (AvgIpc) is 2.45. The minimum atomic E-state index is 0.422. The first-order valence-electron chi connectivity index (χ1n) is 3.52. The molecule has 2 nitrogen and oxygen atoms in total. The van der Waals surface area contributed by atoms with Crippen molar-refractivity contribution < 1.29 is 4.42 Å². The molecule has 0 aliphatic carbocycles. The van der Waals surface area contributed by atoms with Crippen molar-refractivity contribution in [2.24, 2.45) is 0 Å². The van der Waals surface area contributed by atoms with E-state index in [1.165, 1.54) is 0 Å². The highest BCUT2D eigenvalue weighted by Crippen LogP contribution is 2.18. The third-order valence-electron chi connectivity index (χ3n) is 1.23. The molecule has 0 N–H and O–H groups in total. The molecule has 0 amide bonds. The van der Waals surface area contributed by atoms with Crippen LogP contribution in [0.2, 0.25) is 5.22 Å². The van der Waals surface area contributed by atoms with E-state index >= 15 is 0 Å². The molecule has 12 heavy (non-hydrogen) atoms. The predicted molar refractivity (Wildman–Crippen MR) is 50.1 cm³/mol. The van der Waals surface area contributed by atoms with Crippen LogP contribution in [0.4, 0.5) is 0 Å². The Morgan fingerprint density at radius 3 is 3.00 bits per heavy atom. The molecule has 4 heteroatoms. The van der Waals surface area contributed by atoms with Gasteiger partial charge in [0.2, 0.25) is 0 Å². The molecular weight excluding hydrogens is 194 g/mol. The van der Waals surface area contributed by atoms with Gasteiger partial charge in [-0.15, -0.1) is 0 Å². The highest BCUT2D eigenvalue weighted by atomic mass is 35.5. The first-order valence-corrected chi connectivity index (χ1v) is 5.05. The second kappa shape index (κ2) is 5.13. The summed E-state index contributed by atoms with van der Waals surface area (Å²) in [5.41, 5.74) is 0. The lowest BCUT2D eigenvalue weighted by atomic mass is 10.5. The van der Waals surface area contributed by atoms with Crippen LogP contribution in [0.25, 0.3) is 0 Å². The largest absolute Gasteiger partial charge is 0.449 e. The molecule has 1 heterocycles. The second-order valence-electron chi connectivity index (χ2n) is 2.17. The van der Waals surface area contributed by atoms with Crippen molar-refractivity contribution in [1.82, 2.24) is 0 Å². The van der Waals surface area contributed by atoms with E-state index in [2.05, 4.69) is 6.07 Å². The molecule has 0 bridgehead atoms. The van der Waals surface area contributed by atoms with Crippen LogP contribution < -0.4 is 0 Å². The van der Waals surface area contributed by atoms with Crippen LogP contribution in [0.3, 0.4) is 0 Å². The zero-order valence-electron chi connectivity index (χ0n) is 6.42. The second-order valence-corrected chi connectivity index (χ2v) is 3.64. The Bertz CT molecular complexity index is 279. The zero-order chi connectivity index (χ0) is 8.81. The Morgan fingerprint density at radius 2 is 2.42 bits per heavy atom. The number of halogens is 1. The van der Waals surface area contributed by atoms with Crippen LogP contribution >= 0.6 is 23.4 Å². The molecule has 64 valence electrons. The van der Waals surface area contributed by atoms with Crippen LogP contribution in [-0.4, -0.2) is 5.75 Å². The first kappa shape index (κ1) is 9.50. The summed E-state index contributed by atoms with van der Waals surface area (Å²) in [6, 6.07) is 5.65. The molecule has 1 aromatic rings. The smallest absolute Gasteiger partial charge is 0.193 e. The van der Waals surface area contributed by atoms with Gasteiger partial charge in [0.15, 0.2) is 5.22 Å². The molecule has 0 atom stereocenters. The summed E-state index contributed by atoms with van der Waals surface area (Å²) >= 11 is 7.24. The standard InChI is InChI=1S/C8H8ClNOS/c9-8-3-2-7(11-8)6-12-5-1-4-10/h2-3H,1,5-6H2. The normalized spacial score (nSPS) is 9.67. The lowest BCUT2D eigenvalue weighted by Crippen LogP contribution is -1.78. The minimum Gasteiger partial charge on any atom is -0.449 e. The van der Waals surface area contributed by atoms with Gasteiger partial charge in [-0.3, -0.25) is 0 Å². The Morgan fingerprint density at radius 1 is 1.58 bits per heavy atom. The Balaban J connectivity index is 2.21. The summed E-state index contributed by atoms with van der Waals surface area (Å²) < 4.78 is 5.13. The molecule has 0 saturated heterocycles. The van der Waals surface area contributed by atoms with E-state index in [-0.39, 0.29) is 0 Å². The summed E-state index contributed by atoms with van der Waals surface area (Å²) in [6.07, 6.45) is 0.582. The number of rotatable bonds is 4. The molecule has 0 aromatic carbocycles. The van der Waals surface area contributed by atoms with Crippen LogP contribution in [0, 0.1) is 11.3 Å². The van der Waals surface area contributed by atoms with E-state index in [1.54, 1.807) is 17.8 Å². The minimum absolute atomic E-state index is 0.422. The molecule has 1 aromatic heterocycles. The SMILES string of the molecule is N#CCCSCc1ccc(Cl)o1. The van der Waals surface area contributed by atoms with E-state index in [0.29, 0.717) is 11.6 Å². The summed E-state index contributed by atoms with van der Waals surface area (Å²) in [4.78, 5) is 0. The summed E-state index contributed by atoms with van der Waals surface area (Å²) in [7, 11) is 0. The van der Waals surface area contributed by atoms with Gasteiger partial charge in [0, 0.05) is 12.2 Å². The van der Waals surface area contributed by atoms with Crippen LogP contribution in [0.1, 0.15) is 12.2 Å². The molecule has 0 unspecified atom stereocenters. The maximum Gasteiger partial charge on any atom is 0.193 e. The van der Waals surface area contributed by atoms with Gasteiger partial charge in [0.05, 0.1) is 11.8 Å². The molecule has 0 aliphatic rings. The van der Waals surface area contributed by atoms with E-state index in [0.717, 1.165) is 17.3 Å². The van der Waals surface area contributed by atoms with Crippen molar-refractivity contribution in [2.75, 3.05) is 5.75 Å². The van der Waals surface area contributed by atoms with Gasteiger partial charge in [-0.05, 0) is 23.7 Å². The molecule has 0 aliphatic heterocycles. The van der Waals surface area contributed by atoms with E-state index in [4.69, 9.17) is 21.3 Å². The van der Waals surface area contributed by atoms with Crippen molar-refractivity contribution >= 4 is 23.4 Å². The van der Waals surface area contributed by atoms with Gasteiger partial charge >= 0.3 is 0 Å². The number of furan rings is 1. The lowest BCUT2D eigenvalue weighted by molar-refractivity contribution is 0.532. The third-order valence-corrected chi connectivity index (χ3v) is 2.42. The van der Waals surface area contributed by atoms with Gasteiger partial charge < -0.3 is 4.42 Å². The highest BCUT2D eigenvalue weighted by Gasteiger charge is 1.98. The van der Waals surface area contributed by atoms with Crippen molar-refractivity contribution in [1.29, 1.82) is 5.26 Å². The molecule has 0 fully saturated rings. The quantitative estimate of drug-likeness (QED) is 0.703. The van der Waals surface area contributed by atoms with Gasteiger partial charge in [-0.25, -0.2) is 0 Å². The number of thioether (sulfide) groups is 1.